The standard InChI is InChI=1S/C28H43NO6S/c1-21-7-9-23(10-8-21)36(31,32)34-14-13-33-12-11-29(24(30)35-25(2,3)4)28-17-22-15-26(5,19-28)18-27(6,16-22)20-28/h7-10,22H,11-20H2,1-6H3. The van der Waals surface area contributed by atoms with Crippen molar-refractivity contribution in [1.29, 1.82) is 0 Å². The molecule has 36 heavy (non-hydrogen) atoms. The van der Waals surface area contributed by atoms with Gasteiger partial charge in [-0.25, -0.2) is 4.79 Å². The van der Waals surface area contributed by atoms with Crippen molar-refractivity contribution in [3.63, 3.8) is 0 Å². The second kappa shape index (κ2) is 9.59. The van der Waals surface area contributed by atoms with Crippen LogP contribution >= 0.6 is 0 Å². The molecule has 5 rings (SSSR count). The van der Waals surface area contributed by atoms with Gasteiger partial charge in [0.2, 0.25) is 0 Å². The first kappa shape index (κ1) is 27.4. The Balaban J connectivity index is 1.37. The number of nitrogens with zero attached hydrogens (tertiary/aromatic N) is 1. The van der Waals surface area contributed by atoms with E-state index in [1.165, 1.54) is 31.4 Å². The summed E-state index contributed by atoms with van der Waals surface area (Å²) in [6, 6.07) is 6.56. The molecule has 2 unspecified atom stereocenters. The number of carbonyl (C=O) groups is 1. The number of rotatable bonds is 9. The zero-order valence-electron chi connectivity index (χ0n) is 22.8. The summed E-state index contributed by atoms with van der Waals surface area (Å²) in [6.45, 7) is 13.1. The van der Waals surface area contributed by atoms with E-state index in [9.17, 15) is 13.2 Å². The quantitative estimate of drug-likeness (QED) is 0.306. The van der Waals surface area contributed by atoms with Crippen molar-refractivity contribution in [2.45, 2.75) is 96.1 Å². The van der Waals surface area contributed by atoms with E-state index in [1.807, 2.05) is 32.6 Å². The van der Waals surface area contributed by atoms with E-state index < -0.39 is 15.7 Å². The molecule has 0 aliphatic heterocycles. The molecule has 0 spiro atoms. The molecule has 7 nitrogen and oxygen atoms in total. The summed E-state index contributed by atoms with van der Waals surface area (Å²) in [5.74, 6) is 0.641. The Morgan fingerprint density at radius 1 is 0.972 bits per heavy atom. The van der Waals surface area contributed by atoms with Crippen LogP contribution in [0.2, 0.25) is 0 Å². The van der Waals surface area contributed by atoms with Crippen LogP contribution in [-0.2, 0) is 23.8 Å². The first-order valence-corrected chi connectivity index (χ1v) is 14.6. The van der Waals surface area contributed by atoms with Gasteiger partial charge in [0.1, 0.15) is 5.60 Å². The number of hydrogen-bond acceptors (Lipinski definition) is 6. The first-order chi connectivity index (χ1) is 16.6. The molecule has 0 saturated heterocycles. The van der Waals surface area contributed by atoms with E-state index in [0.717, 1.165) is 24.8 Å². The lowest BCUT2D eigenvalue weighted by atomic mass is 9.42. The number of aryl methyl sites for hydroxylation is 1. The Bertz CT molecular complexity index is 1040. The summed E-state index contributed by atoms with van der Waals surface area (Å²) in [4.78, 5) is 15.5. The van der Waals surface area contributed by atoms with Gasteiger partial charge in [-0.15, -0.1) is 0 Å². The second-order valence-corrected chi connectivity index (χ2v) is 14.8. The zero-order chi connectivity index (χ0) is 26.4. The summed E-state index contributed by atoms with van der Waals surface area (Å²) < 4.78 is 41.5. The third-order valence-electron chi connectivity index (χ3n) is 8.02. The van der Waals surface area contributed by atoms with E-state index >= 15 is 0 Å². The van der Waals surface area contributed by atoms with Gasteiger partial charge in [-0.3, -0.25) is 4.18 Å². The highest BCUT2D eigenvalue weighted by Gasteiger charge is 2.63. The fourth-order valence-corrected chi connectivity index (χ4v) is 8.65. The number of benzene rings is 1. The van der Waals surface area contributed by atoms with Crippen molar-refractivity contribution in [1.82, 2.24) is 4.90 Å². The molecule has 4 bridgehead atoms. The van der Waals surface area contributed by atoms with Gasteiger partial charge in [-0.2, -0.15) is 8.42 Å². The van der Waals surface area contributed by atoms with Crippen LogP contribution in [-0.4, -0.2) is 56.9 Å². The Morgan fingerprint density at radius 2 is 1.58 bits per heavy atom. The fraction of sp³-hybridized carbons (Fsp3) is 0.750. The molecule has 1 aromatic carbocycles. The summed E-state index contributed by atoms with van der Waals surface area (Å²) in [5.41, 5.74) is 0.708. The maximum Gasteiger partial charge on any atom is 0.410 e. The second-order valence-electron chi connectivity index (χ2n) is 13.2. The fourth-order valence-electron chi connectivity index (χ4n) is 7.76. The number of carbonyl (C=O) groups excluding carboxylic acids is 1. The van der Waals surface area contributed by atoms with Gasteiger partial charge in [0, 0.05) is 12.1 Å². The first-order valence-electron chi connectivity index (χ1n) is 13.2. The predicted octanol–water partition coefficient (Wildman–Crippen LogP) is 5.70. The summed E-state index contributed by atoms with van der Waals surface area (Å²) in [7, 11) is -3.82. The molecular formula is C28H43NO6S. The van der Waals surface area contributed by atoms with Crippen LogP contribution in [0.15, 0.2) is 29.2 Å². The number of ether oxygens (including phenoxy) is 2. The lowest BCUT2D eigenvalue weighted by Crippen LogP contribution is -2.67. The third kappa shape index (κ3) is 6.08. The molecule has 0 aromatic heterocycles. The van der Waals surface area contributed by atoms with Crippen molar-refractivity contribution in [2.24, 2.45) is 16.7 Å². The van der Waals surface area contributed by atoms with Crippen molar-refractivity contribution < 1.29 is 26.9 Å². The summed E-state index contributed by atoms with van der Waals surface area (Å²) in [5, 5.41) is 0. The van der Waals surface area contributed by atoms with E-state index in [4.69, 9.17) is 13.7 Å². The van der Waals surface area contributed by atoms with E-state index in [2.05, 4.69) is 13.8 Å². The zero-order valence-corrected chi connectivity index (χ0v) is 23.6. The molecule has 1 amide bonds. The van der Waals surface area contributed by atoms with Gasteiger partial charge in [-0.1, -0.05) is 31.5 Å². The van der Waals surface area contributed by atoms with Crippen LogP contribution < -0.4 is 0 Å². The molecule has 1 aromatic rings. The monoisotopic (exact) mass is 521 g/mol. The minimum atomic E-state index is -3.82. The van der Waals surface area contributed by atoms with Gasteiger partial charge in [0.25, 0.3) is 10.1 Å². The van der Waals surface area contributed by atoms with Crippen molar-refractivity contribution >= 4 is 16.2 Å². The lowest BCUT2D eigenvalue weighted by molar-refractivity contribution is -0.159. The van der Waals surface area contributed by atoms with Crippen LogP contribution in [0.4, 0.5) is 4.79 Å². The summed E-state index contributed by atoms with van der Waals surface area (Å²) >= 11 is 0. The Labute approximate surface area is 217 Å². The average molecular weight is 522 g/mol. The van der Waals surface area contributed by atoms with Gasteiger partial charge in [0.05, 0.1) is 24.7 Å². The highest BCUT2D eigenvalue weighted by molar-refractivity contribution is 7.86. The highest BCUT2D eigenvalue weighted by Crippen LogP contribution is 2.67. The average Bonchev–Trinajstić information content (AvgIpc) is 2.69. The van der Waals surface area contributed by atoms with Crippen LogP contribution in [0, 0.1) is 23.7 Å². The third-order valence-corrected chi connectivity index (χ3v) is 9.34. The minimum absolute atomic E-state index is 0.0774. The predicted molar refractivity (Wildman–Crippen MR) is 138 cm³/mol. The summed E-state index contributed by atoms with van der Waals surface area (Å²) in [6.07, 6.45) is 6.47. The van der Waals surface area contributed by atoms with Gasteiger partial charge in [0.15, 0.2) is 0 Å². The molecule has 4 fully saturated rings. The minimum Gasteiger partial charge on any atom is -0.444 e. The maximum atomic E-state index is 13.5. The van der Waals surface area contributed by atoms with Crippen LogP contribution in [0.25, 0.3) is 0 Å². The SMILES string of the molecule is Cc1ccc(S(=O)(=O)OCCOCCN(C(=O)OC(C)(C)C)C23CC4CC(C)(CC(C)(C4)C2)C3)cc1. The van der Waals surface area contributed by atoms with Crippen LogP contribution in [0.5, 0.6) is 0 Å². The van der Waals surface area contributed by atoms with Crippen molar-refractivity contribution in [2.75, 3.05) is 26.4 Å². The van der Waals surface area contributed by atoms with E-state index in [-0.39, 0.29) is 40.6 Å². The number of amides is 1. The normalized spacial score (nSPS) is 31.4. The molecule has 0 radical (unpaired) electrons. The van der Waals surface area contributed by atoms with Crippen LogP contribution in [0.1, 0.15) is 78.7 Å². The van der Waals surface area contributed by atoms with Gasteiger partial charge in [-0.05, 0) is 95.1 Å². The molecule has 4 aliphatic carbocycles. The molecule has 4 aliphatic rings. The highest BCUT2D eigenvalue weighted by atomic mass is 32.2. The lowest BCUT2D eigenvalue weighted by Gasteiger charge is -2.67. The molecule has 202 valence electrons. The Morgan fingerprint density at radius 3 is 2.14 bits per heavy atom. The Kier molecular flexibility index (Phi) is 7.30. The molecule has 8 heteroatoms. The van der Waals surface area contributed by atoms with Crippen molar-refractivity contribution in [3.8, 4) is 0 Å². The largest absolute Gasteiger partial charge is 0.444 e. The molecule has 2 atom stereocenters. The molecule has 4 saturated carbocycles. The van der Waals surface area contributed by atoms with E-state index in [1.54, 1.807) is 12.1 Å². The maximum absolute atomic E-state index is 13.5. The van der Waals surface area contributed by atoms with Gasteiger partial charge < -0.3 is 14.4 Å². The Hall–Kier alpha value is -1.64. The molecule has 0 heterocycles. The van der Waals surface area contributed by atoms with Crippen LogP contribution in [0.3, 0.4) is 0 Å². The topological polar surface area (TPSA) is 82.1 Å². The van der Waals surface area contributed by atoms with Crippen molar-refractivity contribution in [3.05, 3.63) is 29.8 Å². The van der Waals surface area contributed by atoms with E-state index in [0.29, 0.717) is 19.1 Å². The molecular weight excluding hydrogens is 478 g/mol. The molecule has 0 N–H and O–H groups in total. The number of hydrogen-bond donors (Lipinski definition) is 0. The van der Waals surface area contributed by atoms with Gasteiger partial charge >= 0.3 is 6.09 Å². The smallest absolute Gasteiger partial charge is 0.410 e.